The summed E-state index contributed by atoms with van der Waals surface area (Å²) in [5, 5.41) is 18.2. The first-order valence-corrected chi connectivity index (χ1v) is 8.23. The van der Waals surface area contributed by atoms with Gasteiger partial charge < -0.3 is 9.47 Å². The molecule has 0 radical (unpaired) electrons. The number of hydrogen-bond donors (Lipinski definition) is 0. The molecule has 1 aromatic carbocycles. The molecule has 0 unspecified atom stereocenters. The minimum absolute atomic E-state index is 0.0948. The zero-order valence-corrected chi connectivity index (χ0v) is 14.8. The highest BCUT2D eigenvalue weighted by molar-refractivity contribution is 5.98. The van der Waals surface area contributed by atoms with Crippen LogP contribution in [0, 0.1) is 22.7 Å². The van der Waals surface area contributed by atoms with Crippen LogP contribution in [0.3, 0.4) is 0 Å². The highest BCUT2D eigenvalue weighted by Crippen LogP contribution is 2.13. The molecule has 6 nitrogen and oxygen atoms in total. The van der Waals surface area contributed by atoms with E-state index in [1.807, 2.05) is 26.0 Å². The lowest BCUT2D eigenvalue weighted by Crippen LogP contribution is -2.07. The Bertz CT molecular complexity index is 711. The van der Waals surface area contributed by atoms with Gasteiger partial charge in [-0.25, -0.2) is 9.59 Å². The van der Waals surface area contributed by atoms with Crippen LogP contribution in [0.15, 0.2) is 35.4 Å². The minimum Gasteiger partial charge on any atom is -0.462 e. The van der Waals surface area contributed by atoms with Crippen molar-refractivity contribution in [2.45, 2.75) is 26.7 Å². The van der Waals surface area contributed by atoms with E-state index in [1.165, 1.54) is 12.2 Å². The van der Waals surface area contributed by atoms with Gasteiger partial charge in [-0.15, -0.1) is 0 Å². The summed E-state index contributed by atoms with van der Waals surface area (Å²) in [5.41, 5.74) is 1.06. The van der Waals surface area contributed by atoms with E-state index in [1.54, 1.807) is 24.3 Å². The van der Waals surface area contributed by atoms with Crippen molar-refractivity contribution in [2.75, 3.05) is 13.2 Å². The number of rotatable bonds is 8. The van der Waals surface area contributed by atoms with Crippen molar-refractivity contribution in [3.8, 4) is 12.1 Å². The fourth-order valence-electron chi connectivity index (χ4n) is 1.84. The minimum atomic E-state index is -0.663. The van der Waals surface area contributed by atoms with Gasteiger partial charge in [-0.05, 0) is 36.1 Å². The van der Waals surface area contributed by atoms with Crippen LogP contribution in [0.5, 0.6) is 0 Å². The largest absolute Gasteiger partial charge is 0.462 e. The van der Waals surface area contributed by atoms with Gasteiger partial charge in [0.05, 0.1) is 13.2 Å². The van der Waals surface area contributed by atoms with Crippen LogP contribution < -0.4 is 0 Å². The van der Waals surface area contributed by atoms with Crippen LogP contribution in [0.4, 0.5) is 0 Å². The zero-order valence-electron chi connectivity index (χ0n) is 14.8. The molecule has 0 aliphatic carbocycles. The van der Waals surface area contributed by atoms with E-state index in [-0.39, 0.29) is 24.4 Å². The molecule has 1 aromatic rings. The van der Waals surface area contributed by atoms with E-state index in [0.29, 0.717) is 24.0 Å². The Morgan fingerprint density at radius 3 is 1.46 bits per heavy atom. The topological polar surface area (TPSA) is 100 Å². The predicted octanol–water partition coefficient (Wildman–Crippen LogP) is 3.41. The summed E-state index contributed by atoms with van der Waals surface area (Å²) >= 11 is 0. The molecular weight excluding hydrogens is 332 g/mol. The number of carbonyl (C=O) groups excluding carboxylic acids is 2. The average Bonchev–Trinajstić information content (AvgIpc) is 2.67. The lowest BCUT2D eigenvalue weighted by molar-refractivity contribution is -0.139. The third-order valence-electron chi connectivity index (χ3n) is 3.11. The van der Waals surface area contributed by atoms with Gasteiger partial charge in [0, 0.05) is 0 Å². The lowest BCUT2D eigenvalue weighted by atomic mass is 10.1. The summed E-state index contributed by atoms with van der Waals surface area (Å²) < 4.78 is 9.88. The summed E-state index contributed by atoms with van der Waals surface area (Å²) in [4.78, 5) is 23.5. The average molecular weight is 352 g/mol. The molecule has 0 bridgehead atoms. The number of carbonyl (C=O) groups is 2. The van der Waals surface area contributed by atoms with Gasteiger partial charge in [0.1, 0.15) is 23.3 Å². The van der Waals surface area contributed by atoms with Crippen molar-refractivity contribution in [3.63, 3.8) is 0 Å². The standard InChI is InChI=1S/C20H20N2O4/c1-3-9-25-19(23)17(13-21)11-15-5-7-16(8-6-15)12-18(14-22)20(24)26-10-4-2/h5-8,11-12H,3-4,9-10H2,1-2H3/b17-11-,18-12+. The van der Waals surface area contributed by atoms with Gasteiger partial charge in [0.15, 0.2) is 0 Å². The molecule has 26 heavy (non-hydrogen) atoms. The summed E-state index contributed by atoms with van der Waals surface area (Å²) in [6, 6.07) is 10.3. The van der Waals surface area contributed by atoms with Crippen molar-refractivity contribution in [1.29, 1.82) is 10.5 Å². The highest BCUT2D eigenvalue weighted by atomic mass is 16.5. The third kappa shape index (κ3) is 6.62. The Morgan fingerprint density at radius 2 is 1.19 bits per heavy atom. The van der Waals surface area contributed by atoms with E-state index in [4.69, 9.17) is 20.0 Å². The molecular formula is C20H20N2O4. The number of benzene rings is 1. The summed E-state index contributed by atoms with van der Waals surface area (Å²) in [7, 11) is 0. The molecule has 1 rings (SSSR count). The Hall–Kier alpha value is -3.38. The summed E-state index contributed by atoms with van der Waals surface area (Å²) in [6.07, 6.45) is 4.19. The molecule has 0 amide bonds. The van der Waals surface area contributed by atoms with Gasteiger partial charge in [0.25, 0.3) is 0 Å². The fourth-order valence-corrected chi connectivity index (χ4v) is 1.84. The molecule has 0 aromatic heterocycles. The third-order valence-corrected chi connectivity index (χ3v) is 3.11. The van der Waals surface area contributed by atoms with Crippen LogP contribution in [-0.4, -0.2) is 25.2 Å². The second kappa shape index (κ2) is 11.2. The van der Waals surface area contributed by atoms with Crippen molar-refractivity contribution in [1.82, 2.24) is 0 Å². The van der Waals surface area contributed by atoms with Gasteiger partial charge >= 0.3 is 11.9 Å². The lowest BCUT2D eigenvalue weighted by Gasteiger charge is -2.03. The molecule has 0 spiro atoms. The van der Waals surface area contributed by atoms with E-state index in [9.17, 15) is 9.59 Å². The first-order chi connectivity index (χ1) is 12.5. The first kappa shape index (κ1) is 20.7. The quantitative estimate of drug-likeness (QED) is 0.404. The van der Waals surface area contributed by atoms with Crippen molar-refractivity contribution < 1.29 is 19.1 Å². The number of ether oxygens (including phenoxy) is 2. The molecule has 0 saturated carbocycles. The number of hydrogen-bond acceptors (Lipinski definition) is 6. The van der Waals surface area contributed by atoms with Crippen molar-refractivity contribution in [3.05, 3.63) is 46.5 Å². The fraction of sp³-hybridized carbons (Fsp3) is 0.300. The first-order valence-electron chi connectivity index (χ1n) is 8.23. The van der Waals surface area contributed by atoms with Crippen molar-refractivity contribution in [2.24, 2.45) is 0 Å². The Kier molecular flexibility index (Phi) is 8.92. The molecule has 0 aliphatic heterocycles. The Morgan fingerprint density at radius 1 is 0.846 bits per heavy atom. The van der Waals surface area contributed by atoms with Gasteiger partial charge in [0.2, 0.25) is 0 Å². The molecule has 0 fully saturated rings. The van der Waals surface area contributed by atoms with E-state index >= 15 is 0 Å². The SMILES string of the molecule is CCCOC(=O)/C(C#N)=C\c1ccc(/C=C(\C#N)C(=O)OCCC)cc1. The Balaban J connectivity index is 2.94. The molecule has 0 atom stereocenters. The van der Waals surface area contributed by atoms with Crippen LogP contribution in [0.25, 0.3) is 12.2 Å². The van der Waals surface area contributed by atoms with E-state index < -0.39 is 11.9 Å². The smallest absolute Gasteiger partial charge is 0.348 e. The maximum atomic E-state index is 11.7. The van der Waals surface area contributed by atoms with Crippen molar-refractivity contribution >= 4 is 24.1 Å². The van der Waals surface area contributed by atoms with Gasteiger partial charge in [-0.3, -0.25) is 0 Å². The molecule has 0 aliphatic rings. The number of esters is 2. The molecule has 134 valence electrons. The maximum Gasteiger partial charge on any atom is 0.348 e. The van der Waals surface area contributed by atoms with Crippen LogP contribution >= 0.6 is 0 Å². The van der Waals surface area contributed by atoms with Crippen LogP contribution in [0.1, 0.15) is 37.8 Å². The molecule has 0 saturated heterocycles. The van der Waals surface area contributed by atoms with Gasteiger partial charge in [-0.1, -0.05) is 38.1 Å². The molecule has 0 heterocycles. The van der Waals surface area contributed by atoms with E-state index in [2.05, 4.69) is 0 Å². The molecule has 0 N–H and O–H groups in total. The summed E-state index contributed by atoms with van der Waals surface area (Å²) in [5.74, 6) is -1.33. The second-order valence-electron chi connectivity index (χ2n) is 5.28. The second-order valence-corrected chi connectivity index (χ2v) is 5.28. The zero-order chi connectivity index (χ0) is 19.4. The number of nitriles is 2. The number of nitrogens with zero attached hydrogens (tertiary/aromatic N) is 2. The Labute approximate surface area is 152 Å². The van der Waals surface area contributed by atoms with E-state index in [0.717, 1.165) is 0 Å². The highest BCUT2D eigenvalue weighted by Gasteiger charge is 2.11. The summed E-state index contributed by atoms with van der Waals surface area (Å²) in [6.45, 7) is 4.24. The van der Waals surface area contributed by atoms with Gasteiger partial charge in [-0.2, -0.15) is 10.5 Å². The van der Waals surface area contributed by atoms with Crippen LogP contribution in [0.2, 0.25) is 0 Å². The maximum absolute atomic E-state index is 11.7. The van der Waals surface area contributed by atoms with Crippen LogP contribution in [-0.2, 0) is 19.1 Å². The monoisotopic (exact) mass is 352 g/mol. The molecule has 6 heteroatoms. The predicted molar refractivity (Wildman–Crippen MR) is 96.1 cm³/mol. The normalized spacial score (nSPS) is 11.2.